The molecule has 0 aromatic carbocycles. The molecule has 0 aliphatic carbocycles. The van der Waals surface area contributed by atoms with Crippen LogP contribution in [0, 0.1) is 0 Å². The van der Waals surface area contributed by atoms with Gasteiger partial charge in [-0.1, -0.05) is 0 Å². The quantitative estimate of drug-likeness (QED) is 0.334. The molecule has 26 valence electrons. The molecule has 0 atom stereocenters. The van der Waals surface area contributed by atoms with Crippen LogP contribution in [0.15, 0.2) is 0 Å². The number of primary amides is 1. The molecular weight excluding hydrogens is 123 g/mol. The molecule has 3 nitrogen and oxygen atoms in total. The van der Waals surface area contributed by atoms with E-state index in [1.54, 1.807) is 0 Å². The van der Waals surface area contributed by atoms with Crippen LogP contribution in [-0.2, 0) is 26.6 Å². The van der Waals surface area contributed by atoms with Gasteiger partial charge >= 0.3 is 21.8 Å². The molecule has 0 unspecified atom stereocenters. The van der Waals surface area contributed by atoms with Crippen LogP contribution < -0.4 is 5.73 Å². The summed E-state index contributed by atoms with van der Waals surface area (Å²) in [6, 6.07) is 0. The predicted octanol–water partition coefficient (Wildman–Crippen LogP) is -1.02. The molecule has 0 fully saturated rings. The van der Waals surface area contributed by atoms with Gasteiger partial charge in [-0.05, 0) is 0 Å². The third-order valence-electron chi connectivity index (χ3n) is 0. The molecule has 0 saturated heterocycles. The molecule has 4 heteroatoms. The SMILES string of the molecule is NC=O.[O]=[Zn]. The summed E-state index contributed by atoms with van der Waals surface area (Å²) < 4.78 is 8.38. The van der Waals surface area contributed by atoms with Crippen LogP contribution in [0.4, 0.5) is 0 Å². The van der Waals surface area contributed by atoms with E-state index in [0.29, 0.717) is 0 Å². The zero-order valence-electron chi connectivity index (χ0n) is 2.68. The minimum atomic E-state index is 0.125. The van der Waals surface area contributed by atoms with Gasteiger partial charge in [0.05, 0.1) is 0 Å². The van der Waals surface area contributed by atoms with Crippen molar-refractivity contribution < 1.29 is 26.6 Å². The number of nitrogens with two attached hydrogens (primary N) is 1. The van der Waals surface area contributed by atoms with Gasteiger partial charge in [0, 0.05) is 0 Å². The van der Waals surface area contributed by atoms with Crippen LogP contribution in [0.2, 0.25) is 0 Å². The summed E-state index contributed by atoms with van der Waals surface area (Å²) in [6.45, 7) is 0. The Kier molecular flexibility index (Phi) is 72.4. The van der Waals surface area contributed by atoms with Gasteiger partial charge in [-0.15, -0.1) is 0 Å². The second-order valence-electron chi connectivity index (χ2n) is 0.136. The van der Waals surface area contributed by atoms with Gasteiger partial charge in [0.15, 0.2) is 0 Å². The molecule has 0 heterocycles. The maximum atomic E-state index is 8.58. The second kappa shape index (κ2) is 40.8. The van der Waals surface area contributed by atoms with Gasteiger partial charge in [-0.3, -0.25) is 4.79 Å². The summed E-state index contributed by atoms with van der Waals surface area (Å²) >= 11 is 0.125. The van der Waals surface area contributed by atoms with Gasteiger partial charge in [0.1, 0.15) is 0 Å². The molecule has 1 amide bonds. The van der Waals surface area contributed by atoms with Gasteiger partial charge in [-0.2, -0.15) is 0 Å². The molecule has 0 bridgehead atoms. The van der Waals surface area contributed by atoms with Crippen molar-refractivity contribution in [3.05, 3.63) is 0 Å². The van der Waals surface area contributed by atoms with Crippen LogP contribution in [0.25, 0.3) is 0 Å². The topological polar surface area (TPSA) is 60.2 Å². The van der Waals surface area contributed by atoms with Crippen LogP contribution in [0.3, 0.4) is 0 Å². The number of carbonyl (C=O) groups is 1. The van der Waals surface area contributed by atoms with Gasteiger partial charge in [0.25, 0.3) is 0 Å². The Hall–Kier alpha value is -0.107. The van der Waals surface area contributed by atoms with E-state index in [0.717, 1.165) is 0 Å². The molecule has 0 spiro atoms. The summed E-state index contributed by atoms with van der Waals surface area (Å²) in [5.74, 6) is 0. The maximum absolute atomic E-state index is 8.58. The zero-order chi connectivity index (χ0) is 4.71. The first-order chi connectivity index (χ1) is 2.41. The van der Waals surface area contributed by atoms with E-state index in [1.807, 2.05) is 0 Å². The van der Waals surface area contributed by atoms with Gasteiger partial charge in [0.2, 0.25) is 6.41 Å². The van der Waals surface area contributed by atoms with Crippen LogP contribution in [-0.4, -0.2) is 6.41 Å². The van der Waals surface area contributed by atoms with Crippen molar-refractivity contribution in [1.82, 2.24) is 0 Å². The molecule has 5 heavy (non-hydrogen) atoms. The van der Waals surface area contributed by atoms with Crippen LogP contribution in [0.5, 0.6) is 0 Å². The molecule has 0 aromatic rings. The summed E-state index contributed by atoms with van der Waals surface area (Å²) in [6.07, 6.45) is 0.250. The fourth-order valence-corrected chi connectivity index (χ4v) is 0. The van der Waals surface area contributed by atoms with E-state index in [2.05, 4.69) is 5.73 Å². The third-order valence-corrected chi connectivity index (χ3v) is 0. The standard InChI is InChI=1S/CH3NO.O.Zn/c2-1-3;;/h1H,(H2,2,3);;. The number of rotatable bonds is 0. The van der Waals surface area contributed by atoms with Crippen molar-refractivity contribution in [2.45, 2.75) is 0 Å². The van der Waals surface area contributed by atoms with E-state index in [9.17, 15) is 0 Å². The zero-order valence-corrected chi connectivity index (χ0v) is 5.65. The van der Waals surface area contributed by atoms with Gasteiger partial charge in [-0.25, -0.2) is 0 Å². The number of amides is 1. The van der Waals surface area contributed by atoms with Crippen LogP contribution in [0.1, 0.15) is 0 Å². The molecule has 0 aliphatic heterocycles. The molecule has 2 N–H and O–H groups in total. The summed E-state index contributed by atoms with van der Waals surface area (Å²) in [7, 11) is 0. The number of hydrogen-bond donors (Lipinski definition) is 1. The first-order valence-corrected chi connectivity index (χ1v) is 2.07. The predicted molar refractivity (Wildman–Crippen MR) is 10.9 cm³/mol. The molecule has 0 radical (unpaired) electrons. The Morgan fingerprint density at radius 1 is 1.60 bits per heavy atom. The van der Waals surface area contributed by atoms with E-state index in [4.69, 9.17) is 8.37 Å². The van der Waals surface area contributed by atoms with Crippen molar-refractivity contribution in [2.24, 2.45) is 5.73 Å². The van der Waals surface area contributed by atoms with E-state index in [1.165, 1.54) is 0 Å². The molecule has 0 rings (SSSR count). The monoisotopic (exact) mass is 125 g/mol. The van der Waals surface area contributed by atoms with Crippen molar-refractivity contribution in [2.75, 3.05) is 0 Å². The van der Waals surface area contributed by atoms with Crippen molar-refractivity contribution >= 4 is 6.41 Å². The first-order valence-electron chi connectivity index (χ1n) is 0.858. The summed E-state index contributed by atoms with van der Waals surface area (Å²) in [4.78, 5) is 8.58. The van der Waals surface area contributed by atoms with Crippen molar-refractivity contribution in [3.63, 3.8) is 0 Å². The average Bonchev–Trinajstić information content (AvgIpc) is 1.46. The normalized spacial score (nSPS) is 3.60. The molecule has 0 saturated carbocycles. The van der Waals surface area contributed by atoms with E-state index < -0.39 is 0 Å². The molecule has 0 aliphatic rings. The van der Waals surface area contributed by atoms with Crippen molar-refractivity contribution in [1.29, 1.82) is 0 Å². The summed E-state index contributed by atoms with van der Waals surface area (Å²) in [5.41, 5.74) is 4.17. The van der Waals surface area contributed by atoms with E-state index >= 15 is 0 Å². The number of hydrogen-bond acceptors (Lipinski definition) is 2. The Morgan fingerprint density at radius 3 is 1.60 bits per heavy atom. The Morgan fingerprint density at radius 2 is 1.60 bits per heavy atom. The fourth-order valence-electron chi connectivity index (χ4n) is 0. The van der Waals surface area contributed by atoms with Crippen LogP contribution >= 0.6 is 0 Å². The molecular formula is CH3NO2Zn. The number of carbonyl (C=O) groups excluding carboxylic acids is 1. The molecule has 0 aromatic heterocycles. The fraction of sp³-hybridized carbons (Fsp3) is 0. The third kappa shape index (κ3) is 1230. The van der Waals surface area contributed by atoms with E-state index in [-0.39, 0.29) is 24.7 Å². The van der Waals surface area contributed by atoms with Gasteiger partial charge < -0.3 is 5.73 Å². The first kappa shape index (κ1) is 8.86. The van der Waals surface area contributed by atoms with Crippen molar-refractivity contribution in [3.8, 4) is 0 Å². The Labute approximate surface area is 39.5 Å². The average molecular weight is 126 g/mol. The Balaban J connectivity index is 0. The minimum absolute atomic E-state index is 0.125. The summed E-state index contributed by atoms with van der Waals surface area (Å²) in [5, 5.41) is 0. The Bertz CT molecular complexity index is 23.6. The second-order valence-corrected chi connectivity index (χ2v) is 0.136.